The first-order valence-electron chi connectivity index (χ1n) is 5.74. The molecule has 0 aromatic heterocycles. The Bertz CT molecular complexity index is 659. The van der Waals surface area contributed by atoms with Crippen LogP contribution in [0.4, 0.5) is 18.9 Å². The van der Waals surface area contributed by atoms with Crippen LogP contribution in [0.15, 0.2) is 36.4 Å². The van der Waals surface area contributed by atoms with Crippen LogP contribution in [0.3, 0.4) is 0 Å². The first-order valence-corrected chi connectivity index (χ1v) is 6.15. The summed E-state index contributed by atoms with van der Waals surface area (Å²) < 4.78 is 39.0. The minimum atomic E-state index is -0.919. The Hall–Kier alpha value is -2.08. The molecular formula is C14H11F3N2S. The molecule has 0 spiro atoms. The Kier molecular flexibility index (Phi) is 4.24. The van der Waals surface area contributed by atoms with Gasteiger partial charge in [-0.1, -0.05) is 18.3 Å². The maximum atomic E-state index is 13.1. The van der Waals surface area contributed by atoms with Gasteiger partial charge in [-0.05, 0) is 35.9 Å². The van der Waals surface area contributed by atoms with Gasteiger partial charge in [0.25, 0.3) is 0 Å². The summed E-state index contributed by atoms with van der Waals surface area (Å²) in [6.45, 7) is 0.235. The Morgan fingerprint density at radius 3 is 2.45 bits per heavy atom. The van der Waals surface area contributed by atoms with E-state index in [1.807, 2.05) is 0 Å². The van der Waals surface area contributed by atoms with Crippen LogP contribution in [0, 0.1) is 17.5 Å². The summed E-state index contributed by atoms with van der Waals surface area (Å²) in [5.41, 5.74) is 6.95. The Labute approximate surface area is 119 Å². The molecule has 2 rings (SSSR count). The Morgan fingerprint density at radius 2 is 1.80 bits per heavy atom. The number of nitrogens with two attached hydrogens (primary N) is 1. The molecule has 2 nitrogen and oxygen atoms in total. The zero-order valence-corrected chi connectivity index (χ0v) is 11.1. The van der Waals surface area contributed by atoms with Gasteiger partial charge in [0.15, 0.2) is 11.6 Å². The van der Waals surface area contributed by atoms with Crippen molar-refractivity contribution >= 4 is 22.9 Å². The van der Waals surface area contributed by atoms with Crippen molar-refractivity contribution in [3.05, 3.63) is 65.0 Å². The maximum absolute atomic E-state index is 13.1. The van der Waals surface area contributed by atoms with Crippen molar-refractivity contribution < 1.29 is 13.2 Å². The van der Waals surface area contributed by atoms with Gasteiger partial charge < -0.3 is 11.1 Å². The quantitative estimate of drug-likeness (QED) is 0.850. The van der Waals surface area contributed by atoms with Gasteiger partial charge in [0.05, 0.1) is 0 Å². The molecule has 0 saturated carbocycles. The summed E-state index contributed by atoms with van der Waals surface area (Å²) in [7, 11) is 0. The predicted molar refractivity (Wildman–Crippen MR) is 76.0 cm³/mol. The molecule has 6 heteroatoms. The van der Waals surface area contributed by atoms with Gasteiger partial charge in [0.2, 0.25) is 0 Å². The molecule has 0 atom stereocenters. The van der Waals surface area contributed by atoms with Crippen LogP contribution in [-0.4, -0.2) is 4.99 Å². The van der Waals surface area contributed by atoms with Crippen LogP contribution in [0.2, 0.25) is 0 Å². The summed E-state index contributed by atoms with van der Waals surface area (Å²) in [5, 5.41) is 2.96. The van der Waals surface area contributed by atoms with Gasteiger partial charge in [-0.3, -0.25) is 0 Å². The lowest BCUT2D eigenvalue weighted by molar-refractivity contribution is 0.507. The van der Waals surface area contributed by atoms with E-state index in [4.69, 9.17) is 18.0 Å². The summed E-state index contributed by atoms with van der Waals surface area (Å²) in [5.74, 6) is -2.27. The Balaban J connectivity index is 2.18. The highest BCUT2D eigenvalue weighted by Crippen LogP contribution is 2.18. The van der Waals surface area contributed by atoms with Crippen LogP contribution in [0.25, 0.3) is 0 Å². The third kappa shape index (κ3) is 3.27. The first kappa shape index (κ1) is 14.3. The van der Waals surface area contributed by atoms with Crippen molar-refractivity contribution in [3.8, 4) is 0 Å². The van der Waals surface area contributed by atoms with E-state index in [2.05, 4.69) is 5.32 Å². The van der Waals surface area contributed by atoms with Crippen molar-refractivity contribution in [1.82, 2.24) is 0 Å². The summed E-state index contributed by atoms with van der Waals surface area (Å²) >= 11 is 4.84. The van der Waals surface area contributed by atoms with Crippen molar-refractivity contribution in [2.75, 3.05) is 5.32 Å². The zero-order valence-electron chi connectivity index (χ0n) is 10.3. The van der Waals surface area contributed by atoms with Gasteiger partial charge in [-0.15, -0.1) is 0 Å². The smallest absolute Gasteiger partial charge is 0.159 e. The molecule has 0 aliphatic heterocycles. The van der Waals surface area contributed by atoms with Crippen LogP contribution >= 0.6 is 12.2 Å². The second kappa shape index (κ2) is 5.92. The summed E-state index contributed by atoms with van der Waals surface area (Å²) in [6.07, 6.45) is 0. The largest absolute Gasteiger partial charge is 0.389 e. The minimum absolute atomic E-state index is 0.0530. The number of thiocarbonyl (C=S) groups is 1. The summed E-state index contributed by atoms with van der Waals surface area (Å²) in [4.78, 5) is 0.0530. The van der Waals surface area contributed by atoms with Crippen molar-refractivity contribution in [3.63, 3.8) is 0 Å². The van der Waals surface area contributed by atoms with Gasteiger partial charge in [0.1, 0.15) is 10.8 Å². The van der Waals surface area contributed by atoms with E-state index >= 15 is 0 Å². The van der Waals surface area contributed by atoms with Crippen LogP contribution in [0.1, 0.15) is 11.1 Å². The highest BCUT2D eigenvalue weighted by Gasteiger charge is 2.08. The standard InChI is InChI=1S/C14H11F3N2S/c15-9-2-4-13(10(6-9)14(18)20)19-7-8-1-3-11(16)12(17)5-8/h1-6,19H,7H2,(H2,18,20). The molecule has 0 bridgehead atoms. The van der Waals surface area contributed by atoms with E-state index in [0.29, 0.717) is 16.8 Å². The van der Waals surface area contributed by atoms with Gasteiger partial charge >= 0.3 is 0 Å². The zero-order chi connectivity index (χ0) is 14.7. The fourth-order valence-electron chi connectivity index (χ4n) is 1.72. The average Bonchev–Trinajstić information content (AvgIpc) is 2.41. The SMILES string of the molecule is NC(=S)c1cc(F)ccc1NCc1ccc(F)c(F)c1. The lowest BCUT2D eigenvalue weighted by atomic mass is 10.1. The predicted octanol–water partition coefficient (Wildman–Crippen LogP) is 3.35. The number of halogens is 3. The fourth-order valence-corrected chi connectivity index (χ4v) is 1.89. The van der Waals surface area contributed by atoms with E-state index in [1.54, 1.807) is 0 Å². The normalized spacial score (nSPS) is 10.3. The van der Waals surface area contributed by atoms with Gasteiger partial charge in [-0.2, -0.15) is 0 Å². The molecule has 0 radical (unpaired) electrons. The Morgan fingerprint density at radius 1 is 1.05 bits per heavy atom. The molecule has 2 aromatic rings. The third-order valence-corrected chi connectivity index (χ3v) is 2.93. The number of nitrogens with one attached hydrogen (secondary N) is 1. The number of hydrogen-bond acceptors (Lipinski definition) is 2. The maximum Gasteiger partial charge on any atom is 0.159 e. The van der Waals surface area contributed by atoms with E-state index in [1.165, 1.54) is 24.3 Å². The second-order valence-corrected chi connectivity index (χ2v) is 4.60. The molecule has 0 unspecified atom stereocenters. The van der Waals surface area contributed by atoms with Gasteiger partial charge in [0, 0.05) is 17.8 Å². The molecule has 104 valence electrons. The van der Waals surface area contributed by atoms with E-state index in [-0.39, 0.29) is 11.5 Å². The van der Waals surface area contributed by atoms with Crippen molar-refractivity contribution in [1.29, 1.82) is 0 Å². The summed E-state index contributed by atoms with van der Waals surface area (Å²) in [6, 6.07) is 7.56. The number of hydrogen-bond donors (Lipinski definition) is 2. The van der Waals surface area contributed by atoms with E-state index < -0.39 is 17.5 Å². The lowest BCUT2D eigenvalue weighted by Gasteiger charge is -2.11. The topological polar surface area (TPSA) is 38.0 Å². The third-order valence-electron chi connectivity index (χ3n) is 2.71. The number of rotatable bonds is 4. The molecule has 0 aliphatic carbocycles. The second-order valence-electron chi connectivity index (χ2n) is 4.16. The molecule has 2 aromatic carbocycles. The van der Waals surface area contributed by atoms with Crippen molar-refractivity contribution in [2.24, 2.45) is 5.73 Å². The molecule has 0 aliphatic rings. The molecule has 0 fully saturated rings. The minimum Gasteiger partial charge on any atom is -0.389 e. The molecule has 3 N–H and O–H groups in total. The average molecular weight is 296 g/mol. The lowest BCUT2D eigenvalue weighted by Crippen LogP contribution is -2.13. The monoisotopic (exact) mass is 296 g/mol. The first-order chi connectivity index (χ1) is 9.47. The molecule has 0 saturated heterocycles. The highest BCUT2D eigenvalue weighted by molar-refractivity contribution is 7.80. The van der Waals surface area contributed by atoms with Crippen LogP contribution < -0.4 is 11.1 Å². The van der Waals surface area contributed by atoms with Crippen molar-refractivity contribution in [2.45, 2.75) is 6.54 Å². The molecule has 0 amide bonds. The molecule has 20 heavy (non-hydrogen) atoms. The highest BCUT2D eigenvalue weighted by atomic mass is 32.1. The molecular weight excluding hydrogens is 285 g/mol. The van der Waals surface area contributed by atoms with Gasteiger partial charge in [-0.25, -0.2) is 13.2 Å². The number of benzene rings is 2. The number of anilines is 1. The fraction of sp³-hybridized carbons (Fsp3) is 0.0714. The van der Waals surface area contributed by atoms with Crippen LogP contribution in [-0.2, 0) is 6.54 Å². The van der Waals surface area contributed by atoms with Crippen LogP contribution in [0.5, 0.6) is 0 Å². The van der Waals surface area contributed by atoms with E-state index in [0.717, 1.165) is 12.1 Å². The van der Waals surface area contributed by atoms with E-state index in [9.17, 15) is 13.2 Å². The molecule has 0 heterocycles.